The highest BCUT2D eigenvalue weighted by Gasteiger charge is 2.21. The molecule has 0 bridgehead atoms. The first-order valence-corrected chi connectivity index (χ1v) is 11.3. The predicted octanol–water partition coefficient (Wildman–Crippen LogP) is 5.31. The van der Waals surface area contributed by atoms with E-state index in [1.807, 2.05) is 62.4 Å². The lowest BCUT2D eigenvalue weighted by Crippen LogP contribution is -2.36. The van der Waals surface area contributed by atoms with Gasteiger partial charge in [0.05, 0.1) is 12.9 Å². The Morgan fingerprint density at radius 1 is 1.06 bits per heavy atom. The summed E-state index contributed by atoms with van der Waals surface area (Å²) < 4.78 is 16.4. The molecule has 0 fully saturated rings. The van der Waals surface area contributed by atoms with Gasteiger partial charge in [0.2, 0.25) is 0 Å². The molecule has 0 aliphatic rings. The van der Waals surface area contributed by atoms with Gasteiger partial charge in [0, 0.05) is 41.8 Å². The highest BCUT2D eigenvalue weighted by molar-refractivity contribution is 5.94. The van der Waals surface area contributed by atoms with Crippen LogP contribution in [0.2, 0.25) is 0 Å². The summed E-state index contributed by atoms with van der Waals surface area (Å²) in [5.74, 6) is 0.609. The summed E-state index contributed by atoms with van der Waals surface area (Å²) in [6.07, 6.45) is 1.98. The third kappa shape index (κ3) is 5.78. The number of aromatic carboxylic acids is 1. The average Bonchev–Trinajstić information content (AvgIpc) is 3.56. The van der Waals surface area contributed by atoms with Crippen LogP contribution in [-0.4, -0.2) is 39.7 Å². The molecule has 8 nitrogen and oxygen atoms in total. The lowest BCUT2D eigenvalue weighted by atomic mass is 10.1. The third-order valence-electron chi connectivity index (χ3n) is 5.52. The SMILES string of the molecule is CC(C)N(Cc1ccccc1OCCc1cc(C(=O)O)no1)C(=O)c1ccc(-c2ccco2)cc1. The zero-order valence-corrected chi connectivity index (χ0v) is 19.5. The number of nitrogens with zero attached hydrogens (tertiary/aromatic N) is 2. The molecule has 0 atom stereocenters. The van der Waals surface area contributed by atoms with E-state index in [0.29, 0.717) is 30.0 Å². The summed E-state index contributed by atoms with van der Waals surface area (Å²) in [5, 5.41) is 12.5. The topological polar surface area (TPSA) is 106 Å². The van der Waals surface area contributed by atoms with Crippen LogP contribution < -0.4 is 4.74 Å². The fraction of sp³-hybridized carbons (Fsp3) is 0.222. The Morgan fingerprint density at radius 3 is 2.49 bits per heavy atom. The van der Waals surface area contributed by atoms with Gasteiger partial charge in [-0.25, -0.2) is 4.79 Å². The Morgan fingerprint density at radius 2 is 1.83 bits per heavy atom. The molecule has 0 aliphatic carbocycles. The summed E-state index contributed by atoms with van der Waals surface area (Å²) in [7, 11) is 0. The number of carboxylic acid groups (broad SMARTS) is 1. The quantitative estimate of drug-likeness (QED) is 0.332. The minimum absolute atomic E-state index is 0.0380. The molecule has 2 heterocycles. The lowest BCUT2D eigenvalue weighted by molar-refractivity contribution is 0.0678. The number of carbonyl (C=O) groups is 2. The molecule has 0 saturated carbocycles. The van der Waals surface area contributed by atoms with E-state index in [4.69, 9.17) is 18.8 Å². The van der Waals surface area contributed by atoms with Gasteiger partial charge in [0.25, 0.3) is 5.91 Å². The number of rotatable bonds is 10. The molecule has 2 aromatic carbocycles. The number of hydrogen-bond acceptors (Lipinski definition) is 6. The predicted molar refractivity (Wildman–Crippen MR) is 128 cm³/mol. The number of aromatic nitrogens is 1. The second-order valence-electron chi connectivity index (χ2n) is 8.27. The van der Waals surface area contributed by atoms with Crippen LogP contribution in [0.1, 0.15) is 46.0 Å². The molecule has 0 unspecified atom stereocenters. The number of carboxylic acids is 1. The van der Waals surface area contributed by atoms with Crippen molar-refractivity contribution in [2.24, 2.45) is 0 Å². The van der Waals surface area contributed by atoms with Crippen molar-refractivity contribution in [3.8, 4) is 17.1 Å². The molecule has 0 saturated heterocycles. The van der Waals surface area contributed by atoms with Crippen molar-refractivity contribution in [1.82, 2.24) is 10.1 Å². The number of carbonyl (C=O) groups excluding carboxylic acids is 1. The van der Waals surface area contributed by atoms with Crippen LogP contribution in [0.3, 0.4) is 0 Å². The van der Waals surface area contributed by atoms with Crippen LogP contribution in [0, 0.1) is 0 Å². The monoisotopic (exact) mass is 474 g/mol. The molecule has 4 rings (SSSR count). The van der Waals surface area contributed by atoms with Crippen molar-refractivity contribution in [3.63, 3.8) is 0 Å². The van der Waals surface area contributed by atoms with E-state index < -0.39 is 5.97 Å². The van der Waals surface area contributed by atoms with E-state index >= 15 is 0 Å². The van der Waals surface area contributed by atoms with E-state index in [2.05, 4.69) is 5.16 Å². The Bertz CT molecular complexity index is 1280. The van der Waals surface area contributed by atoms with Gasteiger partial charge >= 0.3 is 5.97 Å². The molecule has 2 aromatic heterocycles. The maximum atomic E-state index is 13.4. The Balaban J connectivity index is 1.44. The van der Waals surface area contributed by atoms with Crippen LogP contribution in [0.25, 0.3) is 11.3 Å². The van der Waals surface area contributed by atoms with Gasteiger partial charge in [-0.15, -0.1) is 0 Å². The first-order valence-electron chi connectivity index (χ1n) is 11.3. The molecule has 1 amide bonds. The molecule has 0 radical (unpaired) electrons. The van der Waals surface area contributed by atoms with E-state index in [1.165, 1.54) is 6.07 Å². The Kier molecular flexibility index (Phi) is 7.30. The normalized spacial score (nSPS) is 10.9. The van der Waals surface area contributed by atoms with E-state index in [-0.39, 0.29) is 24.2 Å². The van der Waals surface area contributed by atoms with Crippen molar-refractivity contribution < 1.29 is 28.4 Å². The van der Waals surface area contributed by atoms with Crippen molar-refractivity contribution in [1.29, 1.82) is 0 Å². The van der Waals surface area contributed by atoms with Gasteiger partial charge in [-0.3, -0.25) is 4.79 Å². The summed E-state index contributed by atoms with van der Waals surface area (Å²) in [6, 6.07) is 20.0. The highest BCUT2D eigenvalue weighted by atomic mass is 16.5. The van der Waals surface area contributed by atoms with Crippen LogP contribution in [0.5, 0.6) is 5.75 Å². The first-order chi connectivity index (χ1) is 16.9. The maximum Gasteiger partial charge on any atom is 0.358 e. The second kappa shape index (κ2) is 10.7. The summed E-state index contributed by atoms with van der Waals surface area (Å²) >= 11 is 0. The Labute approximate surface area is 202 Å². The van der Waals surface area contributed by atoms with Gasteiger partial charge < -0.3 is 23.7 Å². The minimum Gasteiger partial charge on any atom is -0.493 e. The lowest BCUT2D eigenvalue weighted by Gasteiger charge is -2.28. The molecule has 8 heteroatoms. The Hall–Kier alpha value is -4.33. The van der Waals surface area contributed by atoms with Gasteiger partial charge in [-0.1, -0.05) is 35.5 Å². The van der Waals surface area contributed by atoms with E-state index in [1.54, 1.807) is 23.3 Å². The maximum absolute atomic E-state index is 13.4. The van der Waals surface area contributed by atoms with Crippen molar-refractivity contribution in [2.45, 2.75) is 32.9 Å². The van der Waals surface area contributed by atoms with Crippen LogP contribution in [0.4, 0.5) is 0 Å². The third-order valence-corrected chi connectivity index (χ3v) is 5.52. The van der Waals surface area contributed by atoms with Gasteiger partial charge in [-0.05, 0) is 44.2 Å². The number of benzene rings is 2. The number of amides is 1. The smallest absolute Gasteiger partial charge is 0.358 e. The molecule has 180 valence electrons. The van der Waals surface area contributed by atoms with Gasteiger partial charge in [0.1, 0.15) is 17.3 Å². The summed E-state index contributed by atoms with van der Waals surface area (Å²) in [6.45, 7) is 4.60. The molecule has 1 N–H and O–H groups in total. The fourth-order valence-corrected chi connectivity index (χ4v) is 3.63. The standard InChI is InChI=1S/C27H26N2O6/c1-18(2)29(26(30)20-11-9-19(10-12-20)24-8-5-14-33-24)17-21-6-3-4-7-25(21)34-15-13-22-16-23(27(31)32)28-35-22/h3-12,14,16,18H,13,15,17H2,1-2H3,(H,31,32). The molecule has 4 aromatic rings. The zero-order chi connectivity index (χ0) is 24.8. The second-order valence-corrected chi connectivity index (χ2v) is 8.27. The van der Waals surface area contributed by atoms with E-state index in [0.717, 1.165) is 16.9 Å². The van der Waals surface area contributed by atoms with Crippen molar-refractivity contribution >= 4 is 11.9 Å². The average molecular weight is 475 g/mol. The van der Waals surface area contributed by atoms with Crippen molar-refractivity contribution in [2.75, 3.05) is 6.61 Å². The van der Waals surface area contributed by atoms with Crippen molar-refractivity contribution in [3.05, 3.63) is 95.6 Å². The fourth-order valence-electron chi connectivity index (χ4n) is 3.63. The number of hydrogen-bond donors (Lipinski definition) is 1. The van der Waals surface area contributed by atoms with E-state index in [9.17, 15) is 9.59 Å². The number of ether oxygens (including phenoxy) is 1. The van der Waals surface area contributed by atoms with Crippen LogP contribution in [0.15, 0.2) is 81.9 Å². The minimum atomic E-state index is -1.14. The molecular weight excluding hydrogens is 448 g/mol. The molecule has 0 aliphatic heterocycles. The largest absolute Gasteiger partial charge is 0.493 e. The van der Waals surface area contributed by atoms with Crippen LogP contribution >= 0.6 is 0 Å². The van der Waals surface area contributed by atoms with Gasteiger partial charge in [0.15, 0.2) is 5.69 Å². The zero-order valence-electron chi connectivity index (χ0n) is 19.5. The molecular formula is C27H26N2O6. The molecule has 35 heavy (non-hydrogen) atoms. The number of para-hydroxylation sites is 1. The van der Waals surface area contributed by atoms with Crippen LogP contribution in [-0.2, 0) is 13.0 Å². The summed E-state index contributed by atoms with van der Waals surface area (Å²) in [5.41, 5.74) is 2.23. The highest BCUT2D eigenvalue weighted by Crippen LogP contribution is 2.24. The first kappa shape index (κ1) is 23.8. The summed E-state index contributed by atoms with van der Waals surface area (Å²) in [4.78, 5) is 26.1. The van der Waals surface area contributed by atoms with Gasteiger partial charge in [-0.2, -0.15) is 0 Å². The molecule has 0 spiro atoms. The number of furan rings is 1.